The Hall–Kier alpha value is -2.30. The van der Waals surface area contributed by atoms with Gasteiger partial charge in [-0.3, -0.25) is 0 Å². The number of hydrogen-bond acceptors (Lipinski definition) is 4. The molecule has 0 saturated carbocycles. The van der Waals surface area contributed by atoms with Crippen molar-refractivity contribution in [2.75, 3.05) is 0 Å². The van der Waals surface area contributed by atoms with E-state index >= 15 is 0 Å². The summed E-state index contributed by atoms with van der Waals surface area (Å²) in [5, 5.41) is 8.64. The predicted octanol–water partition coefficient (Wildman–Crippen LogP) is 2.47. The van der Waals surface area contributed by atoms with Gasteiger partial charge in [-0.15, -0.1) is 0 Å². The summed E-state index contributed by atoms with van der Waals surface area (Å²) in [6.07, 6.45) is 0.961. The van der Waals surface area contributed by atoms with Gasteiger partial charge in [-0.1, -0.05) is 18.2 Å². The monoisotopic (exact) mass is 219 g/mol. The molecule has 1 aromatic heterocycles. The lowest BCUT2D eigenvalue weighted by atomic mass is 10.2. The highest BCUT2D eigenvalue weighted by Crippen LogP contribution is 2.23. The lowest BCUT2D eigenvalue weighted by Gasteiger charge is -2.02. The van der Waals surface area contributed by atoms with Gasteiger partial charge in [0.25, 0.3) is 0 Å². The fraction of sp³-hybridized carbons (Fsp3) is 0.0909. The molecular formula is C11H9NO4. The molecule has 1 N–H and O–H groups in total. The molecule has 0 saturated heterocycles. The number of rotatable bonds is 3. The minimum atomic E-state index is -1.15. The molecule has 5 nitrogen and oxygen atoms in total. The molecular weight excluding hydrogens is 210 g/mol. The van der Waals surface area contributed by atoms with E-state index in [-0.39, 0.29) is 11.8 Å². The highest BCUT2D eigenvalue weighted by atomic mass is 16.6. The number of aromatic nitrogens is 1. The first-order valence-corrected chi connectivity index (χ1v) is 4.59. The normalized spacial score (nSPS) is 10.1. The first-order chi connectivity index (χ1) is 7.66. The maximum absolute atomic E-state index is 10.6. The standard InChI is InChI=1S/C11H9NO4/c1-7-4-2-3-5-9(7)16-11-12-8(6-15-11)10(13)14/h2-6H,1H3,(H,13,14). The Bertz CT molecular complexity index is 518. The molecule has 16 heavy (non-hydrogen) atoms. The van der Waals surface area contributed by atoms with E-state index < -0.39 is 5.97 Å². The van der Waals surface area contributed by atoms with E-state index in [0.29, 0.717) is 5.75 Å². The molecule has 0 amide bonds. The van der Waals surface area contributed by atoms with Gasteiger partial charge >= 0.3 is 12.0 Å². The van der Waals surface area contributed by atoms with Gasteiger partial charge in [0, 0.05) is 0 Å². The maximum atomic E-state index is 10.6. The smallest absolute Gasteiger partial charge is 0.399 e. The van der Waals surface area contributed by atoms with Crippen LogP contribution in [0.1, 0.15) is 16.1 Å². The molecule has 0 aliphatic rings. The van der Waals surface area contributed by atoms with Gasteiger partial charge in [0.05, 0.1) is 0 Å². The van der Waals surface area contributed by atoms with Crippen LogP contribution in [0.2, 0.25) is 0 Å². The third kappa shape index (κ3) is 2.03. The van der Waals surface area contributed by atoms with Crippen LogP contribution in [0.5, 0.6) is 11.8 Å². The lowest BCUT2D eigenvalue weighted by Crippen LogP contribution is -1.96. The van der Waals surface area contributed by atoms with E-state index in [4.69, 9.17) is 14.3 Å². The zero-order chi connectivity index (χ0) is 11.5. The van der Waals surface area contributed by atoms with Crippen molar-refractivity contribution in [2.45, 2.75) is 6.92 Å². The first kappa shape index (κ1) is 10.2. The number of carbonyl (C=O) groups is 1. The third-order valence-corrected chi connectivity index (χ3v) is 1.99. The zero-order valence-corrected chi connectivity index (χ0v) is 8.51. The Morgan fingerprint density at radius 3 is 2.81 bits per heavy atom. The number of carboxylic acid groups (broad SMARTS) is 1. The van der Waals surface area contributed by atoms with Gasteiger partial charge in [0.1, 0.15) is 12.0 Å². The van der Waals surface area contributed by atoms with Crippen LogP contribution in [0.15, 0.2) is 34.9 Å². The summed E-state index contributed by atoms with van der Waals surface area (Å²) < 4.78 is 10.2. The average Bonchev–Trinajstić information content (AvgIpc) is 2.70. The Labute approximate surface area is 91.3 Å². The number of oxazole rings is 1. The fourth-order valence-corrected chi connectivity index (χ4v) is 1.17. The van der Waals surface area contributed by atoms with Crippen LogP contribution in [0.4, 0.5) is 0 Å². The van der Waals surface area contributed by atoms with Gasteiger partial charge in [-0.05, 0) is 18.6 Å². The second-order valence-electron chi connectivity index (χ2n) is 3.17. The van der Waals surface area contributed by atoms with Gasteiger partial charge in [-0.25, -0.2) is 4.79 Å². The summed E-state index contributed by atoms with van der Waals surface area (Å²) in [7, 11) is 0. The minimum absolute atomic E-state index is 0.0771. The number of carboxylic acids is 1. The quantitative estimate of drug-likeness (QED) is 0.858. The van der Waals surface area contributed by atoms with Crippen molar-refractivity contribution in [3.63, 3.8) is 0 Å². The van der Waals surface area contributed by atoms with Crippen LogP contribution in [-0.2, 0) is 0 Å². The van der Waals surface area contributed by atoms with E-state index in [1.807, 2.05) is 25.1 Å². The van der Waals surface area contributed by atoms with E-state index in [1.165, 1.54) is 0 Å². The number of para-hydroxylation sites is 1. The number of ether oxygens (including phenoxy) is 1. The highest BCUT2D eigenvalue weighted by molar-refractivity contribution is 5.84. The molecule has 0 fully saturated rings. The highest BCUT2D eigenvalue weighted by Gasteiger charge is 2.12. The van der Waals surface area contributed by atoms with Crippen LogP contribution in [0.25, 0.3) is 0 Å². The van der Waals surface area contributed by atoms with Crippen LogP contribution in [0.3, 0.4) is 0 Å². The molecule has 5 heteroatoms. The molecule has 0 bridgehead atoms. The topological polar surface area (TPSA) is 72.6 Å². The third-order valence-electron chi connectivity index (χ3n) is 1.99. The minimum Gasteiger partial charge on any atom is -0.476 e. The van der Waals surface area contributed by atoms with Crippen LogP contribution in [-0.4, -0.2) is 16.1 Å². The van der Waals surface area contributed by atoms with Gasteiger partial charge in [-0.2, -0.15) is 4.98 Å². The average molecular weight is 219 g/mol. The number of nitrogens with zero attached hydrogens (tertiary/aromatic N) is 1. The van der Waals surface area contributed by atoms with Crippen molar-refractivity contribution in [1.82, 2.24) is 4.98 Å². The maximum Gasteiger partial charge on any atom is 0.399 e. The van der Waals surface area contributed by atoms with Gasteiger partial charge in [0.2, 0.25) is 0 Å². The number of aryl methyl sites for hydroxylation is 1. The van der Waals surface area contributed by atoms with Gasteiger partial charge < -0.3 is 14.3 Å². The summed E-state index contributed by atoms with van der Waals surface area (Å²) in [5.41, 5.74) is 0.737. The van der Waals surface area contributed by atoms with Crippen LogP contribution in [0, 0.1) is 6.92 Å². The fourth-order valence-electron chi connectivity index (χ4n) is 1.17. The second kappa shape index (κ2) is 4.06. The molecule has 1 aromatic carbocycles. The van der Waals surface area contributed by atoms with E-state index in [0.717, 1.165) is 11.8 Å². The Morgan fingerprint density at radius 2 is 2.19 bits per heavy atom. The molecule has 0 aliphatic carbocycles. The van der Waals surface area contributed by atoms with Gasteiger partial charge in [0.15, 0.2) is 5.69 Å². The van der Waals surface area contributed by atoms with E-state index in [1.54, 1.807) is 6.07 Å². The molecule has 1 heterocycles. The van der Waals surface area contributed by atoms with Crippen molar-refractivity contribution >= 4 is 5.97 Å². The molecule has 0 aliphatic heterocycles. The van der Waals surface area contributed by atoms with E-state index in [2.05, 4.69) is 4.98 Å². The number of hydrogen-bond donors (Lipinski definition) is 1. The van der Waals surface area contributed by atoms with Crippen molar-refractivity contribution in [1.29, 1.82) is 0 Å². The summed E-state index contributed by atoms with van der Waals surface area (Å²) >= 11 is 0. The predicted molar refractivity (Wildman–Crippen MR) is 54.7 cm³/mol. The van der Waals surface area contributed by atoms with Crippen molar-refractivity contribution in [3.05, 3.63) is 41.8 Å². The number of aromatic carboxylic acids is 1. The summed E-state index contributed by atoms with van der Waals surface area (Å²) in [6.45, 7) is 1.87. The molecule has 0 radical (unpaired) electrons. The largest absolute Gasteiger partial charge is 0.476 e. The Morgan fingerprint density at radius 1 is 1.44 bits per heavy atom. The van der Waals surface area contributed by atoms with Crippen molar-refractivity contribution in [3.8, 4) is 11.8 Å². The molecule has 0 unspecified atom stereocenters. The molecule has 0 atom stereocenters. The van der Waals surface area contributed by atoms with Crippen molar-refractivity contribution < 1.29 is 19.1 Å². The zero-order valence-electron chi connectivity index (χ0n) is 8.51. The molecule has 2 rings (SSSR count). The first-order valence-electron chi connectivity index (χ1n) is 4.59. The lowest BCUT2D eigenvalue weighted by molar-refractivity contribution is 0.0690. The Balaban J connectivity index is 2.21. The molecule has 82 valence electrons. The van der Waals surface area contributed by atoms with Crippen molar-refractivity contribution in [2.24, 2.45) is 0 Å². The summed E-state index contributed by atoms with van der Waals surface area (Å²) in [6, 6.07) is 7.31. The second-order valence-corrected chi connectivity index (χ2v) is 3.17. The molecule has 2 aromatic rings. The van der Waals surface area contributed by atoms with Crippen LogP contribution >= 0.6 is 0 Å². The van der Waals surface area contributed by atoms with E-state index in [9.17, 15) is 4.79 Å². The SMILES string of the molecule is Cc1ccccc1Oc1nc(C(=O)O)co1. The summed E-state index contributed by atoms with van der Waals surface area (Å²) in [5.74, 6) is -0.565. The number of benzene rings is 1. The Kier molecular flexibility index (Phi) is 2.59. The van der Waals surface area contributed by atoms with Crippen LogP contribution < -0.4 is 4.74 Å². The molecule has 0 spiro atoms. The summed E-state index contributed by atoms with van der Waals surface area (Å²) in [4.78, 5) is 14.2.